The third-order valence-corrected chi connectivity index (χ3v) is 5.89. The van der Waals surface area contributed by atoms with Crippen molar-refractivity contribution in [2.24, 2.45) is 22.2 Å². The molecule has 19 heavy (non-hydrogen) atoms. The van der Waals surface area contributed by atoms with E-state index in [1.165, 1.54) is 6.42 Å². The molecule has 0 radical (unpaired) electrons. The summed E-state index contributed by atoms with van der Waals surface area (Å²) in [7, 11) is 0. The van der Waals surface area contributed by atoms with Crippen molar-refractivity contribution in [3.8, 4) is 0 Å². The van der Waals surface area contributed by atoms with Gasteiger partial charge in [-0.2, -0.15) is 11.8 Å². The molecule has 4 N–H and O–H groups in total. The van der Waals surface area contributed by atoms with Crippen molar-refractivity contribution in [3.05, 3.63) is 0 Å². The molecule has 2 fully saturated rings. The normalized spacial score (nSPS) is 38.8. The zero-order valence-electron chi connectivity index (χ0n) is 11.6. The summed E-state index contributed by atoms with van der Waals surface area (Å²) >= 11 is 1.91. The number of carbonyl (C=O) groups excluding carboxylic acids is 1. The standard InChI is InChI=1S/C13H23N3O2S/c1-9-6-13(7-9,10(14)16-18)11(17)15-8-12(2)4-3-5-19-12/h9,18H,3-8H2,1-2H3,(H2,14,16)(H,15,17). The van der Waals surface area contributed by atoms with Gasteiger partial charge in [-0.1, -0.05) is 12.1 Å². The largest absolute Gasteiger partial charge is 0.409 e. The maximum absolute atomic E-state index is 12.4. The summed E-state index contributed by atoms with van der Waals surface area (Å²) in [5.41, 5.74) is 4.94. The molecule has 0 bridgehead atoms. The van der Waals surface area contributed by atoms with Gasteiger partial charge in [-0.25, -0.2) is 0 Å². The molecule has 2 aliphatic rings. The van der Waals surface area contributed by atoms with E-state index >= 15 is 0 Å². The smallest absolute Gasteiger partial charge is 0.234 e. The number of oxime groups is 1. The summed E-state index contributed by atoms with van der Waals surface area (Å²) in [5, 5.41) is 15.0. The SMILES string of the molecule is CC1CC(C(=O)NCC2(C)CCCS2)(C(N)=NO)C1. The summed E-state index contributed by atoms with van der Waals surface area (Å²) in [6.45, 7) is 4.92. The van der Waals surface area contributed by atoms with Gasteiger partial charge in [0.25, 0.3) is 0 Å². The first-order chi connectivity index (χ1) is 8.92. The first-order valence-corrected chi connectivity index (χ1v) is 7.81. The van der Waals surface area contributed by atoms with Gasteiger partial charge in [0.05, 0.1) is 0 Å². The summed E-state index contributed by atoms with van der Waals surface area (Å²) in [5.74, 6) is 1.57. The van der Waals surface area contributed by atoms with Crippen LogP contribution in [0.3, 0.4) is 0 Å². The Hall–Kier alpha value is -0.910. The Morgan fingerprint density at radius 2 is 2.26 bits per heavy atom. The molecule has 0 aromatic heterocycles. The molecule has 1 saturated carbocycles. The highest BCUT2D eigenvalue weighted by molar-refractivity contribution is 8.00. The van der Waals surface area contributed by atoms with Gasteiger partial charge in [0, 0.05) is 11.3 Å². The molecule has 6 heteroatoms. The van der Waals surface area contributed by atoms with E-state index in [1.807, 2.05) is 11.8 Å². The molecular weight excluding hydrogens is 262 g/mol. The van der Waals surface area contributed by atoms with Crippen molar-refractivity contribution in [2.45, 2.75) is 44.3 Å². The second-order valence-electron chi connectivity index (χ2n) is 6.17. The molecule has 1 aliphatic carbocycles. The molecule has 1 aliphatic heterocycles. The molecule has 1 amide bonds. The summed E-state index contributed by atoms with van der Waals surface area (Å²) in [4.78, 5) is 12.4. The fraction of sp³-hybridized carbons (Fsp3) is 0.846. The maximum atomic E-state index is 12.4. The molecule has 1 saturated heterocycles. The van der Waals surface area contributed by atoms with E-state index in [2.05, 4.69) is 24.3 Å². The van der Waals surface area contributed by atoms with Gasteiger partial charge in [-0.3, -0.25) is 4.79 Å². The lowest BCUT2D eigenvalue weighted by molar-refractivity contribution is -0.133. The number of thioether (sulfide) groups is 1. The van der Waals surface area contributed by atoms with E-state index in [4.69, 9.17) is 10.9 Å². The molecule has 0 aromatic rings. The summed E-state index contributed by atoms with van der Waals surface area (Å²) < 4.78 is 0.136. The zero-order chi connectivity index (χ0) is 14.1. The van der Waals surface area contributed by atoms with Gasteiger partial charge in [0.15, 0.2) is 5.84 Å². The van der Waals surface area contributed by atoms with Gasteiger partial charge in [-0.15, -0.1) is 0 Å². The van der Waals surface area contributed by atoms with Crippen molar-refractivity contribution in [3.63, 3.8) is 0 Å². The highest BCUT2D eigenvalue weighted by Crippen LogP contribution is 2.46. The average molecular weight is 285 g/mol. The number of hydrogen-bond donors (Lipinski definition) is 3. The van der Waals surface area contributed by atoms with E-state index in [9.17, 15) is 4.79 Å². The van der Waals surface area contributed by atoms with Crippen LogP contribution in [0.2, 0.25) is 0 Å². The molecule has 1 atom stereocenters. The van der Waals surface area contributed by atoms with E-state index < -0.39 is 5.41 Å². The Balaban J connectivity index is 1.97. The van der Waals surface area contributed by atoms with Crippen molar-refractivity contribution in [2.75, 3.05) is 12.3 Å². The predicted molar refractivity (Wildman–Crippen MR) is 77.3 cm³/mol. The highest BCUT2D eigenvalue weighted by Gasteiger charge is 2.52. The van der Waals surface area contributed by atoms with Gasteiger partial charge in [0.1, 0.15) is 5.41 Å². The quantitative estimate of drug-likeness (QED) is 0.316. The van der Waals surface area contributed by atoms with Crippen molar-refractivity contribution >= 4 is 23.5 Å². The van der Waals surface area contributed by atoms with Gasteiger partial charge in [0.2, 0.25) is 5.91 Å². The second-order valence-corrected chi connectivity index (χ2v) is 7.85. The minimum Gasteiger partial charge on any atom is -0.409 e. The number of nitrogens with zero attached hydrogens (tertiary/aromatic N) is 1. The fourth-order valence-electron chi connectivity index (χ4n) is 3.15. The van der Waals surface area contributed by atoms with Crippen LogP contribution in [-0.2, 0) is 4.79 Å². The molecule has 0 aromatic carbocycles. The summed E-state index contributed by atoms with van der Waals surface area (Å²) in [6, 6.07) is 0. The number of nitrogens with two attached hydrogens (primary N) is 1. The molecule has 108 valence electrons. The van der Waals surface area contributed by atoms with Crippen LogP contribution in [0.5, 0.6) is 0 Å². The molecule has 1 unspecified atom stereocenters. The number of amides is 1. The third-order valence-electron chi connectivity index (χ3n) is 4.35. The van der Waals surface area contributed by atoms with Crippen LogP contribution in [0.1, 0.15) is 39.5 Å². The fourth-order valence-corrected chi connectivity index (χ4v) is 4.39. The minimum absolute atomic E-state index is 0.0485. The van der Waals surface area contributed by atoms with Crippen molar-refractivity contribution in [1.82, 2.24) is 5.32 Å². The zero-order valence-corrected chi connectivity index (χ0v) is 12.4. The van der Waals surface area contributed by atoms with Crippen molar-refractivity contribution in [1.29, 1.82) is 0 Å². The lowest BCUT2D eigenvalue weighted by Gasteiger charge is -2.44. The Bertz CT molecular complexity index is 385. The second kappa shape index (κ2) is 5.23. The number of amidine groups is 1. The molecular formula is C13H23N3O2S. The number of nitrogens with one attached hydrogen (secondary N) is 1. The maximum Gasteiger partial charge on any atom is 0.234 e. The lowest BCUT2D eigenvalue weighted by atomic mass is 9.61. The van der Waals surface area contributed by atoms with E-state index in [0.29, 0.717) is 25.3 Å². The predicted octanol–water partition coefficient (Wildman–Crippen LogP) is 1.55. The Morgan fingerprint density at radius 3 is 2.74 bits per heavy atom. The van der Waals surface area contributed by atoms with E-state index in [-0.39, 0.29) is 16.5 Å². The monoisotopic (exact) mass is 285 g/mol. The van der Waals surface area contributed by atoms with Gasteiger partial charge < -0.3 is 16.3 Å². The Labute approximate surface area is 118 Å². The van der Waals surface area contributed by atoms with Crippen molar-refractivity contribution < 1.29 is 10.0 Å². The van der Waals surface area contributed by atoms with Gasteiger partial charge in [-0.05, 0) is 44.3 Å². The van der Waals surface area contributed by atoms with E-state index in [0.717, 1.165) is 12.2 Å². The summed E-state index contributed by atoms with van der Waals surface area (Å²) in [6.07, 6.45) is 3.67. The van der Waals surface area contributed by atoms with E-state index in [1.54, 1.807) is 0 Å². The number of rotatable bonds is 4. The average Bonchev–Trinajstić information content (AvgIpc) is 2.78. The Kier molecular flexibility index (Phi) is 3.99. The van der Waals surface area contributed by atoms with Crippen LogP contribution < -0.4 is 11.1 Å². The van der Waals surface area contributed by atoms with Crippen LogP contribution in [0.4, 0.5) is 0 Å². The lowest BCUT2D eigenvalue weighted by Crippen LogP contribution is -2.58. The first kappa shape index (κ1) is 14.5. The van der Waals surface area contributed by atoms with Crippen LogP contribution in [0.25, 0.3) is 0 Å². The van der Waals surface area contributed by atoms with Crippen LogP contribution in [0.15, 0.2) is 5.16 Å². The van der Waals surface area contributed by atoms with Gasteiger partial charge >= 0.3 is 0 Å². The molecule has 5 nitrogen and oxygen atoms in total. The highest BCUT2D eigenvalue weighted by atomic mass is 32.2. The minimum atomic E-state index is -0.784. The number of carbonyl (C=O) groups is 1. The molecule has 2 rings (SSSR count). The topological polar surface area (TPSA) is 87.7 Å². The third kappa shape index (κ3) is 2.68. The Morgan fingerprint density at radius 1 is 1.58 bits per heavy atom. The first-order valence-electron chi connectivity index (χ1n) is 6.82. The number of hydrogen-bond acceptors (Lipinski definition) is 4. The molecule has 0 spiro atoms. The van der Waals surface area contributed by atoms with Crippen LogP contribution in [-0.4, -0.2) is 34.0 Å². The van der Waals surface area contributed by atoms with Crippen LogP contribution >= 0.6 is 11.8 Å². The molecule has 1 heterocycles. The van der Waals surface area contributed by atoms with Crippen LogP contribution in [0, 0.1) is 11.3 Å².